The summed E-state index contributed by atoms with van der Waals surface area (Å²) in [5.74, 6) is -0.287. The normalized spacial score (nSPS) is 11.6. The summed E-state index contributed by atoms with van der Waals surface area (Å²) in [4.78, 5) is 30.7. The molecule has 5 nitrogen and oxygen atoms in total. The predicted octanol–water partition coefficient (Wildman–Crippen LogP) is 6.80. The topological polar surface area (TPSA) is 71.1 Å². The van der Waals surface area contributed by atoms with Gasteiger partial charge < -0.3 is 10.6 Å². The van der Waals surface area contributed by atoms with E-state index in [-0.39, 0.29) is 17.1 Å². The summed E-state index contributed by atoms with van der Waals surface area (Å²) in [6.07, 6.45) is 0. The molecule has 0 bridgehead atoms. The Morgan fingerprint density at radius 3 is 2.29 bits per heavy atom. The summed E-state index contributed by atoms with van der Waals surface area (Å²) < 4.78 is 0. The minimum absolute atomic E-state index is 0.121. The highest BCUT2D eigenvalue weighted by Crippen LogP contribution is 2.29. The summed E-state index contributed by atoms with van der Waals surface area (Å²) in [6.45, 7) is 5.88. The maximum atomic E-state index is 12.7. The standard InChI is InChI=1S/C27H25N3O2S2/c1-17-7-11-20(12-8-17)24-16-33-27(29-24)30-25(31)19(3)34-23-6-4-5-22(15-23)28-26(32)21-13-9-18(2)10-14-21/h4-16,19H,1-3H3,(H,28,32)(H,29,30,31). The molecule has 0 fully saturated rings. The Morgan fingerprint density at radius 1 is 0.912 bits per heavy atom. The van der Waals surface area contributed by atoms with Crippen LogP contribution in [0, 0.1) is 13.8 Å². The highest BCUT2D eigenvalue weighted by molar-refractivity contribution is 8.00. The third-order valence-electron chi connectivity index (χ3n) is 5.17. The van der Waals surface area contributed by atoms with Crippen molar-refractivity contribution in [3.8, 4) is 11.3 Å². The van der Waals surface area contributed by atoms with Crippen molar-refractivity contribution in [2.75, 3.05) is 10.6 Å². The number of nitrogens with one attached hydrogen (secondary N) is 2. The first-order valence-electron chi connectivity index (χ1n) is 10.9. The van der Waals surface area contributed by atoms with Crippen LogP contribution in [0.3, 0.4) is 0 Å². The fourth-order valence-electron chi connectivity index (χ4n) is 3.21. The molecule has 172 valence electrons. The van der Waals surface area contributed by atoms with E-state index in [0.717, 1.165) is 21.7 Å². The van der Waals surface area contributed by atoms with Crippen molar-refractivity contribution < 1.29 is 9.59 Å². The van der Waals surface area contributed by atoms with Crippen LogP contribution in [0.15, 0.2) is 83.1 Å². The van der Waals surface area contributed by atoms with Crippen molar-refractivity contribution in [3.63, 3.8) is 0 Å². The number of benzene rings is 3. The third kappa shape index (κ3) is 6.12. The van der Waals surface area contributed by atoms with E-state index in [1.165, 1.54) is 28.7 Å². The van der Waals surface area contributed by atoms with Gasteiger partial charge >= 0.3 is 0 Å². The molecule has 3 aromatic carbocycles. The van der Waals surface area contributed by atoms with Crippen molar-refractivity contribution in [2.45, 2.75) is 30.9 Å². The Balaban J connectivity index is 1.35. The molecule has 0 aliphatic carbocycles. The second-order valence-corrected chi connectivity index (χ2v) is 10.3. The number of thioether (sulfide) groups is 1. The Morgan fingerprint density at radius 2 is 1.59 bits per heavy atom. The van der Waals surface area contributed by atoms with Crippen LogP contribution in [0.1, 0.15) is 28.4 Å². The number of hydrogen-bond acceptors (Lipinski definition) is 5. The first-order chi connectivity index (χ1) is 16.4. The fraction of sp³-hybridized carbons (Fsp3) is 0.148. The zero-order valence-corrected chi connectivity index (χ0v) is 20.8. The fourth-order valence-corrected chi connectivity index (χ4v) is 4.86. The van der Waals surface area contributed by atoms with Crippen molar-refractivity contribution in [1.82, 2.24) is 4.98 Å². The van der Waals surface area contributed by atoms with Crippen molar-refractivity contribution in [2.24, 2.45) is 0 Å². The molecule has 2 N–H and O–H groups in total. The second-order valence-electron chi connectivity index (χ2n) is 8.00. The third-order valence-corrected chi connectivity index (χ3v) is 7.02. The summed E-state index contributed by atoms with van der Waals surface area (Å²) in [6, 6.07) is 23.1. The van der Waals surface area contributed by atoms with E-state index >= 15 is 0 Å². The number of aromatic nitrogens is 1. The summed E-state index contributed by atoms with van der Waals surface area (Å²) in [7, 11) is 0. The molecule has 0 aliphatic heterocycles. The van der Waals surface area contributed by atoms with E-state index < -0.39 is 0 Å². The monoisotopic (exact) mass is 487 g/mol. The van der Waals surface area contributed by atoms with Gasteiger partial charge in [-0.1, -0.05) is 53.6 Å². The molecule has 1 heterocycles. The molecule has 4 rings (SSSR count). The molecule has 0 radical (unpaired) electrons. The van der Waals surface area contributed by atoms with Crippen LogP contribution in [0.2, 0.25) is 0 Å². The van der Waals surface area contributed by atoms with Crippen LogP contribution < -0.4 is 10.6 Å². The van der Waals surface area contributed by atoms with Gasteiger partial charge in [0.2, 0.25) is 5.91 Å². The summed E-state index contributed by atoms with van der Waals surface area (Å²) in [5.41, 5.74) is 5.45. The Hall–Kier alpha value is -3.42. The lowest BCUT2D eigenvalue weighted by Crippen LogP contribution is -2.22. The number of anilines is 2. The van der Waals surface area contributed by atoms with E-state index in [1.807, 2.05) is 86.8 Å². The molecule has 0 saturated carbocycles. The largest absolute Gasteiger partial charge is 0.322 e. The number of thiazole rings is 1. The van der Waals surface area contributed by atoms with Crippen LogP contribution >= 0.6 is 23.1 Å². The molecular weight excluding hydrogens is 462 g/mol. The lowest BCUT2D eigenvalue weighted by Gasteiger charge is -2.12. The maximum Gasteiger partial charge on any atom is 0.255 e. The zero-order chi connectivity index (χ0) is 24.1. The number of hydrogen-bond donors (Lipinski definition) is 2. The Kier molecular flexibility index (Phi) is 7.45. The van der Waals surface area contributed by atoms with Gasteiger partial charge in [-0.15, -0.1) is 23.1 Å². The Bertz CT molecular complexity index is 1300. The number of amides is 2. The van der Waals surface area contributed by atoms with Gasteiger partial charge in [0.05, 0.1) is 10.9 Å². The minimum atomic E-state index is -0.338. The molecule has 7 heteroatoms. The highest BCUT2D eigenvalue weighted by Gasteiger charge is 2.17. The number of carbonyl (C=O) groups is 2. The lowest BCUT2D eigenvalue weighted by atomic mass is 10.1. The van der Waals surface area contributed by atoms with E-state index in [9.17, 15) is 9.59 Å². The molecule has 0 aliphatic rings. The molecule has 0 saturated heterocycles. The van der Waals surface area contributed by atoms with Crippen LogP contribution in [-0.2, 0) is 4.79 Å². The molecule has 1 aromatic heterocycles. The van der Waals surface area contributed by atoms with Crippen LogP contribution in [0.4, 0.5) is 10.8 Å². The average molecular weight is 488 g/mol. The average Bonchev–Trinajstić information content (AvgIpc) is 3.28. The summed E-state index contributed by atoms with van der Waals surface area (Å²) in [5, 5.41) is 8.02. The molecule has 4 aromatic rings. The van der Waals surface area contributed by atoms with E-state index in [4.69, 9.17) is 0 Å². The smallest absolute Gasteiger partial charge is 0.255 e. The van der Waals surface area contributed by atoms with Crippen LogP contribution in [0.25, 0.3) is 11.3 Å². The first-order valence-corrected chi connectivity index (χ1v) is 12.6. The number of nitrogens with zero attached hydrogens (tertiary/aromatic N) is 1. The van der Waals surface area contributed by atoms with Crippen molar-refractivity contribution in [3.05, 3.63) is 94.9 Å². The molecular formula is C27H25N3O2S2. The lowest BCUT2D eigenvalue weighted by molar-refractivity contribution is -0.115. The zero-order valence-electron chi connectivity index (χ0n) is 19.2. The van der Waals surface area contributed by atoms with Gasteiger partial charge in [-0.05, 0) is 51.1 Å². The number of rotatable bonds is 7. The van der Waals surface area contributed by atoms with Crippen LogP contribution in [0.5, 0.6) is 0 Å². The molecule has 34 heavy (non-hydrogen) atoms. The van der Waals surface area contributed by atoms with Gasteiger partial charge in [0.25, 0.3) is 5.91 Å². The van der Waals surface area contributed by atoms with E-state index in [1.54, 1.807) is 12.1 Å². The van der Waals surface area contributed by atoms with Gasteiger partial charge in [0.15, 0.2) is 5.13 Å². The highest BCUT2D eigenvalue weighted by atomic mass is 32.2. The minimum Gasteiger partial charge on any atom is -0.322 e. The Labute approximate surface area is 207 Å². The van der Waals surface area contributed by atoms with Crippen LogP contribution in [-0.4, -0.2) is 22.0 Å². The van der Waals surface area contributed by atoms with Gasteiger partial charge in [0, 0.05) is 27.1 Å². The number of aryl methyl sites for hydroxylation is 2. The van der Waals surface area contributed by atoms with E-state index in [2.05, 4.69) is 15.6 Å². The molecule has 1 atom stereocenters. The van der Waals surface area contributed by atoms with Gasteiger partial charge in [-0.3, -0.25) is 9.59 Å². The van der Waals surface area contributed by atoms with Crippen molar-refractivity contribution >= 4 is 45.7 Å². The first kappa shape index (κ1) is 23.7. The maximum absolute atomic E-state index is 12.7. The van der Waals surface area contributed by atoms with E-state index in [0.29, 0.717) is 16.4 Å². The number of carbonyl (C=O) groups excluding carboxylic acids is 2. The van der Waals surface area contributed by atoms with Gasteiger partial charge in [-0.2, -0.15) is 0 Å². The molecule has 0 spiro atoms. The van der Waals surface area contributed by atoms with Crippen molar-refractivity contribution in [1.29, 1.82) is 0 Å². The molecule has 1 unspecified atom stereocenters. The second kappa shape index (κ2) is 10.7. The molecule has 2 amide bonds. The van der Waals surface area contributed by atoms with Gasteiger partial charge in [0.1, 0.15) is 0 Å². The van der Waals surface area contributed by atoms with Gasteiger partial charge in [-0.25, -0.2) is 4.98 Å². The predicted molar refractivity (Wildman–Crippen MR) is 142 cm³/mol. The summed E-state index contributed by atoms with van der Waals surface area (Å²) >= 11 is 2.84. The SMILES string of the molecule is Cc1ccc(C(=O)Nc2cccc(SC(C)C(=O)Nc3nc(-c4ccc(C)cc4)cs3)c2)cc1. The quantitative estimate of drug-likeness (QED) is 0.281.